The second-order valence-electron chi connectivity index (χ2n) is 1.06. The summed E-state index contributed by atoms with van der Waals surface area (Å²) in [6.45, 7) is 0. The van der Waals surface area contributed by atoms with Crippen molar-refractivity contribution in [1.82, 2.24) is 5.16 Å². The summed E-state index contributed by atoms with van der Waals surface area (Å²) in [5.74, 6) is -0.862. The average Bonchev–Trinajstić information content (AvgIpc) is 1.98. The van der Waals surface area contributed by atoms with Crippen LogP contribution in [0.3, 0.4) is 0 Å². The van der Waals surface area contributed by atoms with E-state index in [0.29, 0.717) is 0 Å². The van der Waals surface area contributed by atoms with Crippen molar-refractivity contribution in [3.05, 3.63) is 12.0 Å². The van der Waals surface area contributed by atoms with Crippen LogP contribution < -0.4 is 3.27 Å². The molecule has 0 aliphatic rings. The molecule has 44 valence electrons. The van der Waals surface area contributed by atoms with E-state index in [1.165, 1.54) is 0 Å². The predicted molar refractivity (Wildman–Crippen MR) is 16.1 cm³/mol. The van der Waals surface area contributed by atoms with Crippen LogP contribution in [-0.2, 0) is 0 Å². The summed E-state index contributed by atoms with van der Waals surface area (Å²) in [6, 6.07) is -0.931. The molecule has 0 N–H and O–H groups in total. The van der Waals surface area contributed by atoms with Gasteiger partial charge in [0.05, 0.1) is 0 Å². The summed E-state index contributed by atoms with van der Waals surface area (Å²) < 4.78 is 27.5. The first kappa shape index (κ1) is 6.08. The molecule has 0 radical (unpaired) electrons. The van der Waals surface area contributed by atoms with E-state index < -0.39 is 12.0 Å². The van der Waals surface area contributed by atoms with Crippen LogP contribution in [0.2, 0.25) is 0 Å². The SMILES string of the molecule is Fc1noc(F)c1[At]. The molecular weight excluding hydrogens is 314 g/mol. The predicted octanol–water partition coefficient (Wildman–Crippen LogP) is 0.127. The van der Waals surface area contributed by atoms with Gasteiger partial charge < -0.3 is 0 Å². The molecule has 0 bridgehead atoms. The van der Waals surface area contributed by atoms with Crippen molar-refractivity contribution in [2.75, 3.05) is 0 Å². The first-order valence-electron chi connectivity index (χ1n) is 1.68. The minimum absolute atomic E-state index is 0.120. The zero-order chi connectivity index (χ0) is 6.15. The Morgan fingerprint density at radius 3 is 2.25 bits per heavy atom. The van der Waals surface area contributed by atoms with Crippen molar-refractivity contribution in [3.63, 3.8) is 0 Å². The number of aromatic nitrogens is 1. The molecular formula is C3AtF2NO. The molecule has 1 heterocycles. The van der Waals surface area contributed by atoms with Gasteiger partial charge in [0.1, 0.15) is 0 Å². The van der Waals surface area contributed by atoms with Crippen molar-refractivity contribution in [3.8, 4) is 0 Å². The average molecular weight is 314 g/mol. The fraction of sp³-hybridized carbons (Fsp3) is 0. The molecule has 0 aliphatic heterocycles. The molecule has 0 spiro atoms. The van der Waals surface area contributed by atoms with Gasteiger partial charge in [-0.15, -0.1) is 0 Å². The summed E-state index contributed by atoms with van der Waals surface area (Å²) in [7, 11) is 0. The maximum absolute atomic E-state index is 11.9. The quantitative estimate of drug-likeness (QED) is 0.680. The van der Waals surface area contributed by atoms with Gasteiger partial charge in [0.25, 0.3) is 0 Å². The second kappa shape index (κ2) is 2.05. The topological polar surface area (TPSA) is 26.0 Å². The minimum atomic E-state index is -0.931. The summed E-state index contributed by atoms with van der Waals surface area (Å²) in [5.41, 5.74) is 0. The van der Waals surface area contributed by atoms with Crippen molar-refractivity contribution < 1.29 is 38.0 Å². The van der Waals surface area contributed by atoms with E-state index in [9.17, 15) is 8.78 Å². The second-order valence-corrected chi connectivity index (χ2v) is 2.53. The Labute approximate surface area is 58.7 Å². The normalized spacial score (nSPS) is 9.88. The first-order chi connectivity index (χ1) is 3.72. The number of rotatable bonds is 0. The molecule has 2 nitrogen and oxygen atoms in total. The van der Waals surface area contributed by atoms with Gasteiger partial charge in [-0.3, -0.25) is 0 Å². The fourth-order valence-corrected chi connectivity index (χ4v) is 0.510. The summed E-state index contributed by atoms with van der Waals surface area (Å²) in [4.78, 5) is 0. The van der Waals surface area contributed by atoms with Gasteiger partial charge in [-0.1, -0.05) is 0 Å². The summed E-state index contributed by atoms with van der Waals surface area (Å²) >= 11 is 0.868. The van der Waals surface area contributed by atoms with E-state index in [1.54, 1.807) is 0 Å². The summed E-state index contributed by atoms with van der Waals surface area (Å²) in [6.07, 6.45) is 0. The van der Waals surface area contributed by atoms with Crippen LogP contribution in [0.4, 0.5) is 8.78 Å². The number of halogens is 2. The van der Waals surface area contributed by atoms with E-state index in [0.717, 1.165) is 24.7 Å². The van der Waals surface area contributed by atoms with Crippen molar-refractivity contribution in [2.45, 2.75) is 0 Å². The van der Waals surface area contributed by atoms with Crippen LogP contribution in [0.5, 0.6) is 0 Å². The molecule has 0 saturated carbocycles. The third kappa shape index (κ3) is 0.870. The van der Waals surface area contributed by atoms with Crippen molar-refractivity contribution >= 4 is 3.27 Å². The number of hydrogen-bond donors (Lipinski definition) is 0. The van der Waals surface area contributed by atoms with Crippen LogP contribution in [0, 0.1) is 36.7 Å². The Morgan fingerprint density at radius 2 is 2.12 bits per heavy atom. The van der Waals surface area contributed by atoms with Crippen LogP contribution >= 0.6 is 0 Å². The van der Waals surface area contributed by atoms with Crippen molar-refractivity contribution in [2.24, 2.45) is 0 Å². The van der Waals surface area contributed by atoms with E-state index >= 15 is 0 Å². The Hall–Kier alpha value is -0.0469. The molecule has 0 atom stereocenters. The van der Waals surface area contributed by atoms with Crippen molar-refractivity contribution in [1.29, 1.82) is 0 Å². The molecule has 8 heavy (non-hydrogen) atoms. The van der Waals surface area contributed by atoms with E-state index in [2.05, 4.69) is 9.68 Å². The van der Waals surface area contributed by atoms with Gasteiger partial charge in [0.15, 0.2) is 0 Å². The molecule has 0 aromatic carbocycles. The Balaban J connectivity index is 3.19. The van der Waals surface area contributed by atoms with Crippen LogP contribution in [0.25, 0.3) is 0 Å². The molecule has 0 amide bonds. The molecule has 0 unspecified atom stereocenters. The molecule has 1 aromatic heterocycles. The summed E-state index contributed by atoms with van der Waals surface area (Å²) in [5, 5.41) is 2.71. The maximum atomic E-state index is 11.9. The number of nitrogens with zero attached hydrogens (tertiary/aromatic N) is 1. The fourth-order valence-electron chi connectivity index (χ4n) is 0.241. The van der Waals surface area contributed by atoms with E-state index in [1.807, 2.05) is 0 Å². The third-order valence-electron chi connectivity index (χ3n) is 0.560. The van der Waals surface area contributed by atoms with Gasteiger partial charge in [-0.2, -0.15) is 0 Å². The van der Waals surface area contributed by atoms with Gasteiger partial charge in [0, 0.05) is 0 Å². The Kier molecular flexibility index (Phi) is 1.56. The zero-order valence-corrected chi connectivity index (χ0v) is 6.43. The molecule has 0 aliphatic carbocycles. The van der Waals surface area contributed by atoms with Gasteiger partial charge >= 0.3 is 58.4 Å². The molecule has 1 aromatic rings. The first-order valence-corrected chi connectivity index (χ1v) is 3.15. The standard InChI is InChI=1S/C3AtF2NO/c4-1-2(5)7-8-3(1)6. The van der Waals surface area contributed by atoms with Gasteiger partial charge in [-0.25, -0.2) is 0 Å². The van der Waals surface area contributed by atoms with Gasteiger partial charge in [0.2, 0.25) is 0 Å². The molecule has 0 saturated heterocycles. The monoisotopic (exact) mass is 314 g/mol. The van der Waals surface area contributed by atoms with Gasteiger partial charge in [-0.05, 0) is 0 Å². The van der Waals surface area contributed by atoms with E-state index in [-0.39, 0.29) is 3.27 Å². The Bertz CT molecular complexity index is 180. The molecule has 5 heteroatoms. The van der Waals surface area contributed by atoms with Crippen LogP contribution in [0.1, 0.15) is 0 Å². The zero-order valence-electron chi connectivity index (χ0n) is 3.49. The molecule has 0 fully saturated rings. The number of hydrogen-bond acceptors (Lipinski definition) is 2. The van der Waals surface area contributed by atoms with Crippen LogP contribution in [-0.4, -0.2) is 5.16 Å². The Morgan fingerprint density at radius 1 is 1.50 bits per heavy atom. The third-order valence-corrected chi connectivity index (χ3v) is 1.74. The molecule has 1 rings (SSSR count). The van der Waals surface area contributed by atoms with Crippen LogP contribution in [0.15, 0.2) is 4.52 Å². The van der Waals surface area contributed by atoms with E-state index in [4.69, 9.17) is 0 Å².